The summed E-state index contributed by atoms with van der Waals surface area (Å²) >= 11 is 0. The summed E-state index contributed by atoms with van der Waals surface area (Å²) in [5.74, 6) is 3.18. The van der Waals surface area contributed by atoms with Crippen LogP contribution in [-0.2, 0) is 0 Å². The first kappa shape index (κ1) is 21.8. The number of aliphatic hydroxyl groups excluding tert-OH is 1. The van der Waals surface area contributed by atoms with Crippen molar-refractivity contribution in [2.24, 2.45) is 0 Å². The molecule has 34 heavy (non-hydrogen) atoms. The van der Waals surface area contributed by atoms with Crippen LogP contribution in [0.2, 0.25) is 0 Å². The summed E-state index contributed by atoms with van der Waals surface area (Å²) in [4.78, 5) is 16.0. The van der Waals surface area contributed by atoms with Gasteiger partial charge in [0.05, 0.1) is 17.8 Å². The van der Waals surface area contributed by atoms with E-state index in [4.69, 9.17) is 14.5 Å². The Hall–Kier alpha value is -3.99. The molecule has 1 aliphatic heterocycles. The maximum Gasteiger partial charge on any atom is 0.229 e. The number of H-pyrrole nitrogens is 1. The molecule has 4 aromatic rings. The van der Waals surface area contributed by atoms with Crippen molar-refractivity contribution >= 4 is 23.4 Å². The van der Waals surface area contributed by atoms with Crippen LogP contribution in [0, 0.1) is 6.92 Å². The first-order valence-electron chi connectivity index (χ1n) is 11.3. The molecule has 2 atom stereocenters. The Balaban J connectivity index is 1.44. The van der Waals surface area contributed by atoms with Gasteiger partial charge in [-0.25, -0.2) is 0 Å². The second-order valence-corrected chi connectivity index (χ2v) is 8.41. The molecule has 0 spiro atoms. The van der Waals surface area contributed by atoms with E-state index in [1.165, 1.54) is 0 Å². The van der Waals surface area contributed by atoms with E-state index in [1.807, 2.05) is 37.3 Å². The van der Waals surface area contributed by atoms with Crippen LogP contribution in [0.25, 0.3) is 11.4 Å². The minimum atomic E-state index is -0.512. The molecule has 0 saturated carbocycles. The van der Waals surface area contributed by atoms with Crippen molar-refractivity contribution in [1.82, 2.24) is 30.3 Å². The topological polar surface area (TPSA) is 141 Å². The Morgan fingerprint density at radius 3 is 2.82 bits per heavy atom. The number of aryl methyl sites for hydroxylation is 1. The molecule has 1 unspecified atom stereocenters. The van der Waals surface area contributed by atoms with Crippen LogP contribution < -0.4 is 15.5 Å². The van der Waals surface area contributed by atoms with Crippen molar-refractivity contribution in [2.45, 2.75) is 38.8 Å². The monoisotopic (exact) mass is 461 g/mol. The van der Waals surface area contributed by atoms with E-state index in [9.17, 15) is 5.11 Å². The van der Waals surface area contributed by atoms with E-state index in [0.29, 0.717) is 35.6 Å². The summed E-state index contributed by atoms with van der Waals surface area (Å²) in [7, 11) is 0. The number of rotatable bonds is 8. The zero-order valence-corrected chi connectivity index (χ0v) is 19.1. The highest BCUT2D eigenvalue weighted by Crippen LogP contribution is 2.37. The highest BCUT2D eigenvalue weighted by atomic mass is 16.5. The summed E-state index contributed by atoms with van der Waals surface area (Å²) in [5.41, 5.74) is 2.41. The number of aromatic nitrogens is 6. The number of nitrogens with zero attached hydrogens (tertiary/aromatic N) is 6. The molecule has 11 heteroatoms. The summed E-state index contributed by atoms with van der Waals surface area (Å²) in [6.45, 7) is 4.81. The number of pyridine rings is 1. The van der Waals surface area contributed by atoms with Gasteiger partial charge in [-0.15, -0.1) is 0 Å². The summed E-state index contributed by atoms with van der Waals surface area (Å²) in [6.07, 6.45) is 3.09. The fourth-order valence-corrected chi connectivity index (χ4v) is 3.97. The third-order valence-corrected chi connectivity index (χ3v) is 5.55. The molecule has 176 valence electrons. The fraction of sp³-hybridized carbons (Fsp3) is 0.348. The Bertz CT molecular complexity index is 1240. The smallest absolute Gasteiger partial charge is 0.229 e. The number of aromatic amines is 1. The predicted molar refractivity (Wildman–Crippen MR) is 128 cm³/mol. The summed E-state index contributed by atoms with van der Waals surface area (Å²) < 4.78 is 5.73. The lowest BCUT2D eigenvalue weighted by Gasteiger charge is -2.23. The first-order valence-corrected chi connectivity index (χ1v) is 11.3. The predicted octanol–water partition coefficient (Wildman–Crippen LogP) is 3.44. The van der Waals surface area contributed by atoms with Crippen LogP contribution in [0.3, 0.4) is 0 Å². The van der Waals surface area contributed by atoms with E-state index in [2.05, 4.69) is 35.9 Å². The molecule has 0 amide bonds. The Kier molecular flexibility index (Phi) is 6.09. The lowest BCUT2D eigenvalue weighted by molar-refractivity contribution is 0.208. The third kappa shape index (κ3) is 4.84. The average Bonchev–Trinajstić information content (AvgIpc) is 3.59. The lowest BCUT2D eigenvalue weighted by Crippen LogP contribution is -2.25. The molecule has 0 aliphatic carbocycles. The molecule has 5 rings (SSSR count). The van der Waals surface area contributed by atoms with Crippen molar-refractivity contribution in [2.75, 3.05) is 28.6 Å². The number of anilines is 4. The van der Waals surface area contributed by atoms with Crippen LogP contribution in [-0.4, -0.2) is 54.6 Å². The molecule has 0 aromatic carbocycles. The molecular formula is C23H27N9O2. The molecule has 1 saturated heterocycles. The number of hydrogen-bond acceptors (Lipinski definition) is 10. The Morgan fingerprint density at radius 2 is 2.06 bits per heavy atom. The van der Waals surface area contributed by atoms with Crippen molar-refractivity contribution in [3.05, 3.63) is 54.0 Å². The van der Waals surface area contributed by atoms with Gasteiger partial charge in [0.25, 0.3) is 0 Å². The zero-order chi connectivity index (χ0) is 23.5. The van der Waals surface area contributed by atoms with Crippen molar-refractivity contribution in [3.63, 3.8) is 0 Å². The van der Waals surface area contributed by atoms with Gasteiger partial charge < -0.3 is 25.2 Å². The van der Waals surface area contributed by atoms with Gasteiger partial charge in [0.1, 0.15) is 17.3 Å². The van der Waals surface area contributed by atoms with E-state index in [0.717, 1.165) is 36.5 Å². The van der Waals surface area contributed by atoms with Crippen LogP contribution in [0.5, 0.6) is 0 Å². The van der Waals surface area contributed by atoms with Crippen molar-refractivity contribution < 1.29 is 9.63 Å². The van der Waals surface area contributed by atoms with E-state index < -0.39 is 6.10 Å². The summed E-state index contributed by atoms with van der Waals surface area (Å²) in [6, 6.07) is 11.3. The van der Waals surface area contributed by atoms with Gasteiger partial charge in [0, 0.05) is 43.2 Å². The normalized spacial score (nSPS) is 16.6. The molecule has 4 N–H and O–H groups in total. The Morgan fingerprint density at radius 1 is 1.18 bits per heavy atom. The molecule has 5 heterocycles. The standard InChI is InChI=1S/C23H27N9O2/c1-14-10-22(30-29-14)26-21-12-20(25-13-15(2)33)27-23(28-21)32-9-5-7-18(32)19-11-17(31-34-19)16-6-3-4-8-24-16/h3-4,6,8,10-12,15,18,33H,5,7,9,13H2,1-2H3,(H3,25,26,27,28,29,30)/t15-,18?/m1/s1. The zero-order valence-electron chi connectivity index (χ0n) is 19.1. The second kappa shape index (κ2) is 9.48. The molecule has 4 aromatic heterocycles. The van der Waals surface area contributed by atoms with Gasteiger partial charge in [0.15, 0.2) is 11.6 Å². The molecule has 0 radical (unpaired) electrons. The molecular weight excluding hydrogens is 434 g/mol. The quantitative estimate of drug-likeness (QED) is 0.308. The lowest BCUT2D eigenvalue weighted by atomic mass is 10.1. The number of hydrogen-bond donors (Lipinski definition) is 4. The maximum absolute atomic E-state index is 9.72. The molecule has 0 bridgehead atoms. The van der Waals surface area contributed by atoms with Gasteiger partial charge >= 0.3 is 0 Å². The van der Waals surface area contributed by atoms with Gasteiger partial charge in [0.2, 0.25) is 5.95 Å². The highest BCUT2D eigenvalue weighted by molar-refractivity contribution is 5.60. The highest BCUT2D eigenvalue weighted by Gasteiger charge is 2.32. The molecule has 11 nitrogen and oxygen atoms in total. The molecule has 1 aliphatic rings. The maximum atomic E-state index is 9.72. The van der Waals surface area contributed by atoms with Gasteiger partial charge in [-0.3, -0.25) is 10.1 Å². The average molecular weight is 462 g/mol. The first-order chi connectivity index (χ1) is 16.5. The molecule has 1 fully saturated rings. The summed E-state index contributed by atoms with van der Waals surface area (Å²) in [5, 5.41) is 27.5. The van der Waals surface area contributed by atoms with Gasteiger partial charge in [-0.05, 0) is 38.8 Å². The van der Waals surface area contributed by atoms with Crippen LogP contribution in [0.4, 0.5) is 23.4 Å². The van der Waals surface area contributed by atoms with Crippen LogP contribution in [0.1, 0.15) is 37.3 Å². The SMILES string of the molecule is Cc1cc(Nc2cc(NC[C@@H](C)O)nc(N3CCCC3c3cc(-c4ccccn4)no3)n2)n[nH]1. The van der Waals surface area contributed by atoms with Crippen LogP contribution >= 0.6 is 0 Å². The number of aliphatic hydroxyl groups is 1. The van der Waals surface area contributed by atoms with Gasteiger partial charge in [-0.1, -0.05) is 11.2 Å². The van der Waals surface area contributed by atoms with E-state index >= 15 is 0 Å². The van der Waals surface area contributed by atoms with Gasteiger partial charge in [-0.2, -0.15) is 15.1 Å². The second-order valence-electron chi connectivity index (χ2n) is 8.41. The number of nitrogens with one attached hydrogen (secondary N) is 3. The van der Waals surface area contributed by atoms with E-state index in [-0.39, 0.29) is 6.04 Å². The largest absolute Gasteiger partial charge is 0.392 e. The van der Waals surface area contributed by atoms with E-state index in [1.54, 1.807) is 19.2 Å². The van der Waals surface area contributed by atoms with Crippen LogP contribution in [0.15, 0.2) is 47.1 Å². The third-order valence-electron chi connectivity index (χ3n) is 5.55. The minimum absolute atomic E-state index is 0.0440. The minimum Gasteiger partial charge on any atom is -0.392 e. The van der Waals surface area contributed by atoms with Crippen molar-refractivity contribution in [1.29, 1.82) is 0 Å². The fourth-order valence-electron chi connectivity index (χ4n) is 3.97. The Labute approximate surface area is 196 Å². The van der Waals surface area contributed by atoms with Crippen molar-refractivity contribution in [3.8, 4) is 11.4 Å².